The zero-order valence-corrected chi connectivity index (χ0v) is 17.4. The van der Waals surface area contributed by atoms with Crippen LogP contribution in [0.1, 0.15) is 39.2 Å². The third-order valence-corrected chi connectivity index (χ3v) is 4.81. The van der Waals surface area contributed by atoms with Crippen molar-refractivity contribution in [1.29, 1.82) is 0 Å². The zero-order valence-electron chi connectivity index (χ0n) is 16.6. The molecule has 1 aromatic rings. The van der Waals surface area contributed by atoms with E-state index in [0.29, 0.717) is 32.7 Å². The van der Waals surface area contributed by atoms with E-state index in [1.54, 1.807) is 24.3 Å². The van der Waals surface area contributed by atoms with Crippen molar-refractivity contribution in [2.45, 2.75) is 51.0 Å². The van der Waals surface area contributed by atoms with Gasteiger partial charge in [0.2, 0.25) is 10.0 Å². The molecule has 1 rings (SSSR count). The highest BCUT2D eigenvalue weighted by Crippen LogP contribution is 2.10. The topological polar surface area (TPSA) is 90.9 Å². The number of carbonyl (C=O) groups excluding carboxylic acids is 1. The van der Waals surface area contributed by atoms with E-state index >= 15 is 0 Å². The Hall–Kier alpha value is -1.48. The number of rotatable bonds is 12. The van der Waals surface area contributed by atoms with Crippen molar-refractivity contribution in [3.8, 4) is 0 Å². The molecule has 0 aliphatic heterocycles. The van der Waals surface area contributed by atoms with Crippen molar-refractivity contribution in [2.75, 3.05) is 33.0 Å². The Balaban J connectivity index is 2.03. The maximum atomic E-state index is 12.1. The number of hydrogen-bond donors (Lipinski definition) is 1. The van der Waals surface area contributed by atoms with Crippen molar-refractivity contribution in [3.63, 3.8) is 0 Å². The molecule has 1 N–H and O–H groups in total. The van der Waals surface area contributed by atoms with Crippen molar-refractivity contribution in [1.82, 2.24) is 4.72 Å². The van der Waals surface area contributed by atoms with Crippen LogP contribution in [0.15, 0.2) is 29.2 Å². The largest absolute Gasteiger partial charge is 0.460 e. The highest BCUT2D eigenvalue weighted by Gasteiger charge is 2.15. The van der Waals surface area contributed by atoms with Gasteiger partial charge in [-0.25, -0.2) is 13.1 Å². The van der Waals surface area contributed by atoms with Crippen LogP contribution in [0.4, 0.5) is 0 Å². The van der Waals surface area contributed by atoms with Crippen LogP contribution in [0.2, 0.25) is 0 Å². The molecule has 0 aliphatic rings. The Morgan fingerprint density at radius 2 is 1.59 bits per heavy atom. The average molecular weight is 402 g/mol. The lowest BCUT2D eigenvalue weighted by Gasteiger charge is -2.19. The number of hydrogen-bond acceptors (Lipinski definition) is 6. The van der Waals surface area contributed by atoms with E-state index < -0.39 is 15.6 Å². The number of ether oxygens (including phenoxy) is 3. The zero-order chi connectivity index (χ0) is 20.3. The fraction of sp³-hybridized carbons (Fsp3) is 0.632. The van der Waals surface area contributed by atoms with E-state index in [9.17, 15) is 13.2 Å². The molecule has 0 amide bonds. The van der Waals surface area contributed by atoms with Crippen molar-refractivity contribution < 1.29 is 27.4 Å². The van der Waals surface area contributed by atoms with E-state index in [1.165, 1.54) is 0 Å². The quantitative estimate of drug-likeness (QED) is 0.427. The van der Waals surface area contributed by atoms with Crippen LogP contribution < -0.4 is 4.72 Å². The van der Waals surface area contributed by atoms with Gasteiger partial charge < -0.3 is 14.2 Å². The predicted molar refractivity (Wildman–Crippen MR) is 103 cm³/mol. The summed E-state index contributed by atoms with van der Waals surface area (Å²) in [6.07, 6.45) is 0.907. The van der Waals surface area contributed by atoms with Gasteiger partial charge in [-0.15, -0.1) is 0 Å². The van der Waals surface area contributed by atoms with Crippen LogP contribution in [-0.2, 0) is 29.0 Å². The first-order chi connectivity index (χ1) is 12.6. The van der Waals surface area contributed by atoms with Gasteiger partial charge in [-0.1, -0.05) is 17.7 Å². The second-order valence-electron chi connectivity index (χ2n) is 7.13. The summed E-state index contributed by atoms with van der Waals surface area (Å²) in [7, 11) is -3.51. The standard InChI is InChI=1S/C19H31NO6S/c1-16-7-9-17(10-8-16)27(22,23)20-11-13-25-15-14-24-12-5-6-18(21)26-19(2,3)4/h7-10,20H,5-6,11-15H2,1-4H3. The van der Waals surface area contributed by atoms with Gasteiger partial charge in [-0.2, -0.15) is 0 Å². The first-order valence-corrected chi connectivity index (χ1v) is 10.5. The molecular formula is C19H31NO6S. The highest BCUT2D eigenvalue weighted by molar-refractivity contribution is 7.89. The summed E-state index contributed by atoms with van der Waals surface area (Å²) in [5.41, 5.74) is 0.538. The summed E-state index contributed by atoms with van der Waals surface area (Å²) < 4.78 is 42.5. The number of benzene rings is 1. The molecule has 0 bridgehead atoms. The van der Waals surface area contributed by atoms with E-state index in [0.717, 1.165) is 5.56 Å². The Labute approximate surface area is 162 Å². The summed E-state index contributed by atoms with van der Waals surface area (Å²) in [6.45, 7) is 9.04. The minimum absolute atomic E-state index is 0.189. The highest BCUT2D eigenvalue weighted by atomic mass is 32.2. The van der Waals surface area contributed by atoms with Gasteiger partial charge in [0.1, 0.15) is 5.60 Å². The summed E-state index contributed by atoms with van der Waals surface area (Å²) in [5.74, 6) is -0.233. The maximum absolute atomic E-state index is 12.1. The van der Waals surface area contributed by atoms with Crippen molar-refractivity contribution in [3.05, 3.63) is 29.8 Å². The molecule has 0 fully saturated rings. The Kier molecular flexibility index (Phi) is 9.93. The molecule has 0 aliphatic carbocycles. The molecule has 1 aromatic carbocycles. The summed E-state index contributed by atoms with van der Waals surface area (Å²) >= 11 is 0. The van der Waals surface area contributed by atoms with Gasteiger partial charge >= 0.3 is 5.97 Å². The van der Waals surface area contributed by atoms with Crippen molar-refractivity contribution in [2.24, 2.45) is 0 Å². The summed E-state index contributed by atoms with van der Waals surface area (Å²) in [4.78, 5) is 11.7. The molecule has 0 aromatic heterocycles. The maximum Gasteiger partial charge on any atom is 0.306 e. The molecule has 0 unspecified atom stereocenters. The van der Waals surface area contributed by atoms with Crippen LogP contribution in [-0.4, -0.2) is 53.0 Å². The third-order valence-electron chi connectivity index (χ3n) is 3.33. The first-order valence-electron chi connectivity index (χ1n) is 9.04. The molecule has 27 heavy (non-hydrogen) atoms. The Morgan fingerprint density at radius 3 is 2.19 bits per heavy atom. The fourth-order valence-corrected chi connectivity index (χ4v) is 3.10. The smallest absolute Gasteiger partial charge is 0.306 e. The van der Waals surface area contributed by atoms with E-state index in [1.807, 2.05) is 27.7 Å². The molecule has 7 nitrogen and oxygen atoms in total. The molecule has 154 valence electrons. The van der Waals surface area contributed by atoms with Gasteiger partial charge in [0.05, 0.1) is 24.7 Å². The van der Waals surface area contributed by atoms with E-state index in [-0.39, 0.29) is 24.0 Å². The lowest BCUT2D eigenvalue weighted by Crippen LogP contribution is -2.27. The van der Waals surface area contributed by atoms with E-state index in [4.69, 9.17) is 14.2 Å². The number of aryl methyl sites for hydroxylation is 1. The van der Waals surface area contributed by atoms with Crippen LogP contribution in [0.25, 0.3) is 0 Å². The molecule has 0 atom stereocenters. The number of sulfonamides is 1. The summed E-state index contributed by atoms with van der Waals surface area (Å²) in [5, 5.41) is 0. The van der Waals surface area contributed by atoms with Gasteiger partial charge in [0, 0.05) is 19.6 Å². The minimum atomic E-state index is -3.51. The van der Waals surface area contributed by atoms with Crippen molar-refractivity contribution >= 4 is 16.0 Å². The molecule has 0 heterocycles. The molecule has 0 radical (unpaired) electrons. The predicted octanol–water partition coefficient (Wildman–Crippen LogP) is 2.43. The fourth-order valence-electron chi connectivity index (χ4n) is 2.08. The van der Waals surface area contributed by atoms with Gasteiger partial charge in [-0.3, -0.25) is 4.79 Å². The van der Waals surface area contributed by atoms with Crippen LogP contribution in [0.5, 0.6) is 0 Å². The normalized spacial score (nSPS) is 12.1. The van der Waals surface area contributed by atoms with Gasteiger partial charge in [0.15, 0.2) is 0 Å². The molecular weight excluding hydrogens is 370 g/mol. The lowest BCUT2D eigenvalue weighted by molar-refractivity contribution is -0.155. The summed E-state index contributed by atoms with van der Waals surface area (Å²) in [6, 6.07) is 6.66. The van der Waals surface area contributed by atoms with Crippen LogP contribution in [0, 0.1) is 6.92 Å². The second-order valence-corrected chi connectivity index (χ2v) is 8.89. The molecule has 0 spiro atoms. The molecule has 0 saturated carbocycles. The molecule has 0 saturated heterocycles. The Bertz CT molecular complexity index is 664. The van der Waals surface area contributed by atoms with E-state index in [2.05, 4.69) is 4.72 Å². The van der Waals surface area contributed by atoms with Crippen LogP contribution >= 0.6 is 0 Å². The lowest BCUT2D eigenvalue weighted by atomic mass is 10.2. The van der Waals surface area contributed by atoms with Gasteiger partial charge in [-0.05, 0) is 46.2 Å². The first kappa shape index (κ1) is 23.6. The van der Waals surface area contributed by atoms with Gasteiger partial charge in [0.25, 0.3) is 0 Å². The average Bonchev–Trinajstić information content (AvgIpc) is 2.55. The SMILES string of the molecule is Cc1ccc(S(=O)(=O)NCCOCCOCCCC(=O)OC(C)(C)C)cc1. The Morgan fingerprint density at radius 1 is 1.00 bits per heavy atom. The van der Waals surface area contributed by atoms with Crippen LogP contribution in [0.3, 0.4) is 0 Å². The number of esters is 1. The second kappa shape index (κ2) is 11.4. The third kappa shape index (κ3) is 11.1. The number of nitrogens with one attached hydrogen (secondary N) is 1. The number of carbonyl (C=O) groups is 1. The minimum Gasteiger partial charge on any atom is -0.460 e. The monoisotopic (exact) mass is 401 g/mol. The molecule has 8 heteroatoms.